The van der Waals surface area contributed by atoms with Crippen LogP contribution in [0.25, 0.3) is 0 Å². The Bertz CT molecular complexity index is 648. The van der Waals surface area contributed by atoms with Gasteiger partial charge in [-0.15, -0.1) is 0 Å². The lowest BCUT2D eigenvalue weighted by Crippen LogP contribution is -2.03. The van der Waals surface area contributed by atoms with E-state index < -0.39 is 4.92 Å². The second kappa shape index (κ2) is 6.34. The normalized spacial score (nSPS) is 9.75. The minimum absolute atomic E-state index is 0.222. The fraction of sp³-hybridized carbons (Fsp3) is 0.133. The molecule has 0 aliphatic heterocycles. The van der Waals surface area contributed by atoms with Crippen LogP contribution in [0.3, 0.4) is 0 Å². The van der Waals surface area contributed by atoms with E-state index in [4.69, 9.17) is 10.00 Å². The number of nitriles is 1. The Hall–Kier alpha value is -2.87. The number of hydrogen-bond donors (Lipinski definition) is 0. The van der Waals surface area contributed by atoms with Gasteiger partial charge in [0.25, 0.3) is 0 Å². The fourth-order valence-corrected chi connectivity index (χ4v) is 1.83. The van der Waals surface area contributed by atoms with Gasteiger partial charge in [-0.2, -0.15) is 5.26 Å². The highest BCUT2D eigenvalue weighted by Gasteiger charge is 2.13. The molecule has 2 rings (SSSR count). The average Bonchev–Trinajstić information content (AvgIpc) is 2.45. The van der Waals surface area contributed by atoms with E-state index in [0.29, 0.717) is 17.9 Å². The number of ether oxygens (including phenoxy) is 1. The van der Waals surface area contributed by atoms with E-state index in [0.717, 1.165) is 5.56 Å². The fourth-order valence-electron chi connectivity index (χ4n) is 1.83. The first-order chi connectivity index (χ1) is 9.70. The van der Waals surface area contributed by atoms with Crippen molar-refractivity contribution in [3.8, 4) is 11.8 Å². The van der Waals surface area contributed by atoms with Crippen LogP contribution in [0.4, 0.5) is 0 Å². The van der Waals surface area contributed by atoms with Crippen LogP contribution in [0, 0.1) is 21.4 Å². The summed E-state index contributed by atoms with van der Waals surface area (Å²) in [7, 11) is 0. The quantitative estimate of drug-likeness (QED) is 0.617. The van der Waals surface area contributed by atoms with Crippen LogP contribution in [0.1, 0.15) is 16.7 Å². The van der Waals surface area contributed by atoms with E-state index in [1.807, 2.05) is 36.4 Å². The summed E-state index contributed by atoms with van der Waals surface area (Å²) in [5.74, 6) is 0.371. The van der Waals surface area contributed by atoms with Crippen molar-refractivity contribution in [2.45, 2.75) is 13.2 Å². The molecular weight excluding hydrogens is 256 g/mol. The number of nitro groups is 1. The number of benzene rings is 2. The summed E-state index contributed by atoms with van der Waals surface area (Å²) < 4.78 is 5.59. The maximum Gasteiger partial charge on any atom is 0.230 e. The molecule has 0 heterocycles. The molecule has 2 aromatic carbocycles. The number of nitrogens with zero attached hydrogens (tertiary/aromatic N) is 2. The van der Waals surface area contributed by atoms with Crippen molar-refractivity contribution in [3.05, 3.63) is 75.3 Å². The van der Waals surface area contributed by atoms with Crippen molar-refractivity contribution in [1.82, 2.24) is 0 Å². The Labute approximate surface area is 116 Å². The lowest BCUT2D eigenvalue weighted by atomic mass is 10.1. The van der Waals surface area contributed by atoms with Gasteiger partial charge in [0.1, 0.15) is 24.0 Å². The zero-order valence-electron chi connectivity index (χ0n) is 10.7. The molecule has 0 radical (unpaired) electrons. The van der Waals surface area contributed by atoms with Gasteiger partial charge in [0.15, 0.2) is 0 Å². The van der Waals surface area contributed by atoms with Crippen molar-refractivity contribution in [3.63, 3.8) is 0 Å². The molecule has 5 nitrogen and oxygen atoms in total. The Morgan fingerprint density at radius 1 is 1.15 bits per heavy atom. The monoisotopic (exact) mass is 268 g/mol. The van der Waals surface area contributed by atoms with Crippen molar-refractivity contribution in [1.29, 1.82) is 5.26 Å². The van der Waals surface area contributed by atoms with Gasteiger partial charge in [-0.3, -0.25) is 10.1 Å². The standard InChI is InChI=1S/C15H12N2O3/c16-9-14-13(10-17(18)19)7-4-8-15(14)20-11-12-5-2-1-3-6-12/h1-8H,10-11H2. The first-order valence-corrected chi connectivity index (χ1v) is 6.01. The third-order valence-corrected chi connectivity index (χ3v) is 2.76. The Morgan fingerprint density at radius 2 is 1.90 bits per heavy atom. The van der Waals surface area contributed by atoms with Gasteiger partial charge in [0.2, 0.25) is 6.54 Å². The van der Waals surface area contributed by atoms with Gasteiger partial charge in [-0.1, -0.05) is 42.5 Å². The van der Waals surface area contributed by atoms with Crippen LogP contribution in [0.15, 0.2) is 48.5 Å². The summed E-state index contributed by atoms with van der Waals surface area (Å²) in [5.41, 5.74) is 1.55. The molecule has 100 valence electrons. The Morgan fingerprint density at radius 3 is 2.55 bits per heavy atom. The van der Waals surface area contributed by atoms with Gasteiger partial charge in [0, 0.05) is 10.5 Å². The average molecular weight is 268 g/mol. The molecular formula is C15H12N2O3. The Kier molecular flexibility index (Phi) is 4.30. The van der Waals surface area contributed by atoms with E-state index in [1.54, 1.807) is 18.2 Å². The molecule has 5 heteroatoms. The molecule has 0 aromatic heterocycles. The molecule has 0 bridgehead atoms. The van der Waals surface area contributed by atoms with E-state index >= 15 is 0 Å². The molecule has 0 fully saturated rings. The lowest BCUT2D eigenvalue weighted by molar-refractivity contribution is -0.496. The van der Waals surface area contributed by atoms with Crippen LogP contribution in [-0.4, -0.2) is 4.92 Å². The molecule has 0 N–H and O–H groups in total. The van der Waals surface area contributed by atoms with Gasteiger partial charge >= 0.3 is 0 Å². The van der Waals surface area contributed by atoms with Gasteiger partial charge in [-0.05, 0) is 11.6 Å². The molecule has 0 amide bonds. The van der Waals surface area contributed by atoms with Crippen LogP contribution in [0.2, 0.25) is 0 Å². The number of hydrogen-bond acceptors (Lipinski definition) is 4. The zero-order valence-corrected chi connectivity index (χ0v) is 10.7. The minimum Gasteiger partial charge on any atom is -0.488 e. The van der Waals surface area contributed by atoms with E-state index in [9.17, 15) is 10.1 Å². The second-order valence-electron chi connectivity index (χ2n) is 4.17. The SMILES string of the molecule is N#Cc1c(C[N+](=O)[O-])cccc1OCc1ccccc1. The summed E-state index contributed by atoms with van der Waals surface area (Å²) >= 11 is 0. The summed E-state index contributed by atoms with van der Waals surface area (Å²) in [6.07, 6.45) is 0. The van der Waals surface area contributed by atoms with Crippen molar-refractivity contribution >= 4 is 0 Å². The van der Waals surface area contributed by atoms with Crippen molar-refractivity contribution in [2.24, 2.45) is 0 Å². The largest absolute Gasteiger partial charge is 0.488 e. The summed E-state index contributed by atoms with van der Waals surface area (Å²) in [6, 6.07) is 16.4. The predicted molar refractivity (Wildman–Crippen MR) is 72.6 cm³/mol. The van der Waals surface area contributed by atoms with Crippen molar-refractivity contribution < 1.29 is 9.66 Å². The maximum atomic E-state index is 10.6. The highest BCUT2D eigenvalue weighted by Crippen LogP contribution is 2.23. The van der Waals surface area contributed by atoms with Gasteiger partial charge in [0.05, 0.1) is 0 Å². The predicted octanol–water partition coefficient (Wildman–Crippen LogP) is 2.91. The van der Waals surface area contributed by atoms with Crippen LogP contribution in [-0.2, 0) is 13.2 Å². The molecule has 0 saturated heterocycles. The smallest absolute Gasteiger partial charge is 0.230 e. The van der Waals surface area contributed by atoms with Gasteiger partial charge < -0.3 is 4.74 Å². The molecule has 0 aliphatic rings. The van der Waals surface area contributed by atoms with Crippen LogP contribution < -0.4 is 4.74 Å². The second-order valence-corrected chi connectivity index (χ2v) is 4.17. The van der Waals surface area contributed by atoms with Crippen LogP contribution >= 0.6 is 0 Å². The molecule has 0 saturated carbocycles. The molecule has 0 unspecified atom stereocenters. The lowest BCUT2D eigenvalue weighted by Gasteiger charge is -2.09. The highest BCUT2D eigenvalue weighted by atomic mass is 16.6. The van der Waals surface area contributed by atoms with E-state index in [1.165, 1.54) is 0 Å². The maximum absolute atomic E-state index is 10.6. The molecule has 20 heavy (non-hydrogen) atoms. The van der Waals surface area contributed by atoms with Crippen molar-refractivity contribution in [2.75, 3.05) is 0 Å². The third kappa shape index (κ3) is 3.33. The first kappa shape index (κ1) is 13.6. The molecule has 0 spiro atoms. The number of rotatable bonds is 5. The van der Waals surface area contributed by atoms with Crippen LogP contribution in [0.5, 0.6) is 5.75 Å². The molecule has 2 aromatic rings. The summed E-state index contributed by atoms with van der Waals surface area (Å²) in [4.78, 5) is 10.1. The van der Waals surface area contributed by atoms with E-state index in [2.05, 4.69) is 0 Å². The first-order valence-electron chi connectivity index (χ1n) is 6.01. The van der Waals surface area contributed by atoms with E-state index in [-0.39, 0.29) is 12.1 Å². The highest BCUT2D eigenvalue weighted by molar-refractivity contribution is 5.48. The summed E-state index contributed by atoms with van der Waals surface area (Å²) in [5, 5.41) is 19.7. The zero-order chi connectivity index (χ0) is 14.4. The summed E-state index contributed by atoms with van der Waals surface area (Å²) in [6.45, 7) is -0.0666. The molecule has 0 atom stereocenters. The Balaban J connectivity index is 2.19. The topological polar surface area (TPSA) is 76.2 Å². The molecule has 0 aliphatic carbocycles. The van der Waals surface area contributed by atoms with Gasteiger partial charge in [-0.25, -0.2) is 0 Å². The minimum atomic E-state index is -0.461. The third-order valence-electron chi connectivity index (χ3n) is 2.76.